The molecule has 2 aromatic rings. The molecule has 30 heavy (non-hydrogen) atoms. The maximum atomic E-state index is 12.5. The second kappa shape index (κ2) is 10.1. The Morgan fingerprint density at radius 2 is 1.83 bits per heavy atom. The molecule has 1 amide bonds. The first-order chi connectivity index (χ1) is 14.4. The van der Waals surface area contributed by atoms with Crippen LogP contribution in [0.15, 0.2) is 63.9 Å². The van der Waals surface area contributed by atoms with Gasteiger partial charge in [0.05, 0.1) is 11.4 Å². The fourth-order valence-corrected chi connectivity index (χ4v) is 5.58. The van der Waals surface area contributed by atoms with Crippen molar-refractivity contribution in [3.63, 3.8) is 0 Å². The molecule has 1 N–H and O–H groups in total. The van der Waals surface area contributed by atoms with Gasteiger partial charge in [-0.3, -0.25) is 4.79 Å². The van der Waals surface area contributed by atoms with Gasteiger partial charge in [0.1, 0.15) is 4.90 Å². The maximum Gasteiger partial charge on any atom is 0.286 e. The lowest BCUT2D eigenvalue weighted by atomic mass is 10.1. The van der Waals surface area contributed by atoms with Crippen LogP contribution in [-0.4, -0.2) is 37.8 Å². The average Bonchev–Trinajstić information content (AvgIpc) is 2.74. The Hall–Kier alpha value is -2.32. The Bertz CT molecular complexity index is 1010. The summed E-state index contributed by atoms with van der Waals surface area (Å²) < 4.78 is 29.1. The third-order valence-corrected chi connectivity index (χ3v) is 7.17. The number of thioether (sulfide) groups is 1. The van der Waals surface area contributed by atoms with E-state index < -0.39 is 10.0 Å². The number of nitrogens with one attached hydrogen (secondary N) is 1. The van der Waals surface area contributed by atoms with E-state index in [-0.39, 0.29) is 22.6 Å². The third kappa shape index (κ3) is 5.64. The Balaban J connectivity index is 1.59. The van der Waals surface area contributed by atoms with Gasteiger partial charge in [0.25, 0.3) is 10.0 Å². The summed E-state index contributed by atoms with van der Waals surface area (Å²) in [5.41, 5.74) is 1.86. The molecule has 1 heterocycles. The molecule has 0 saturated heterocycles. The van der Waals surface area contributed by atoms with Gasteiger partial charge in [0.15, 0.2) is 5.17 Å². The van der Waals surface area contributed by atoms with Crippen LogP contribution >= 0.6 is 11.8 Å². The SMILES string of the molecule is CCCN1C(SCC(=O)N[C@H](C)CCc2ccccc2)=NS(=O)(=O)c2ccccc21. The highest BCUT2D eigenvalue weighted by Gasteiger charge is 2.30. The van der Waals surface area contributed by atoms with Crippen LogP contribution in [0, 0.1) is 0 Å². The van der Waals surface area contributed by atoms with Crippen molar-refractivity contribution in [1.82, 2.24) is 5.32 Å². The van der Waals surface area contributed by atoms with Crippen LogP contribution in [0.25, 0.3) is 0 Å². The standard InChI is InChI=1S/C22H27N3O3S2/c1-3-15-25-19-11-7-8-12-20(19)30(27,28)24-22(25)29-16-21(26)23-17(2)13-14-18-9-5-4-6-10-18/h4-12,17H,3,13-16H2,1-2H3,(H,23,26)/t17-/m1/s1. The fourth-order valence-electron chi connectivity index (χ4n) is 3.29. The van der Waals surface area contributed by atoms with Crippen LogP contribution in [0.3, 0.4) is 0 Å². The zero-order valence-corrected chi connectivity index (χ0v) is 18.9. The summed E-state index contributed by atoms with van der Waals surface area (Å²) in [6.45, 7) is 4.64. The summed E-state index contributed by atoms with van der Waals surface area (Å²) in [7, 11) is -3.76. The summed E-state index contributed by atoms with van der Waals surface area (Å²) in [5, 5.41) is 3.34. The third-order valence-electron chi connectivity index (χ3n) is 4.76. The molecule has 6 nitrogen and oxygen atoms in total. The van der Waals surface area contributed by atoms with Crippen LogP contribution in [-0.2, 0) is 21.2 Å². The molecule has 0 bridgehead atoms. The molecule has 0 saturated carbocycles. The second-order valence-electron chi connectivity index (χ2n) is 7.25. The number of para-hydroxylation sites is 1. The minimum absolute atomic E-state index is 0.0304. The van der Waals surface area contributed by atoms with Gasteiger partial charge >= 0.3 is 0 Å². The number of benzene rings is 2. The fraction of sp³-hybridized carbons (Fsp3) is 0.364. The number of carbonyl (C=O) groups is 1. The van der Waals surface area contributed by atoms with Gasteiger partial charge in [-0.25, -0.2) is 0 Å². The minimum Gasteiger partial charge on any atom is -0.353 e. The number of anilines is 1. The molecule has 0 aromatic heterocycles. The topological polar surface area (TPSA) is 78.8 Å². The zero-order valence-electron chi connectivity index (χ0n) is 17.2. The van der Waals surface area contributed by atoms with E-state index in [2.05, 4.69) is 21.8 Å². The van der Waals surface area contributed by atoms with Crippen molar-refractivity contribution < 1.29 is 13.2 Å². The van der Waals surface area contributed by atoms with Crippen molar-refractivity contribution in [2.75, 3.05) is 17.2 Å². The van der Waals surface area contributed by atoms with Gasteiger partial charge in [0.2, 0.25) is 5.91 Å². The molecule has 3 rings (SSSR count). The first-order valence-corrected chi connectivity index (χ1v) is 12.5. The molecule has 1 atom stereocenters. The Labute approximate surface area is 182 Å². The van der Waals surface area contributed by atoms with E-state index in [9.17, 15) is 13.2 Å². The van der Waals surface area contributed by atoms with E-state index >= 15 is 0 Å². The first-order valence-electron chi connectivity index (χ1n) is 10.1. The van der Waals surface area contributed by atoms with E-state index in [0.29, 0.717) is 17.4 Å². The van der Waals surface area contributed by atoms with Crippen molar-refractivity contribution in [1.29, 1.82) is 0 Å². The number of carbonyl (C=O) groups excluding carboxylic acids is 1. The highest BCUT2D eigenvalue weighted by Crippen LogP contribution is 2.34. The van der Waals surface area contributed by atoms with Crippen LogP contribution in [0.5, 0.6) is 0 Å². The van der Waals surface area contributed by atoms with E-state index in [1.165, 1.54) is 5.56 Å². The predicted molar refractivity (Wildman–Crippen MR) is 124 cm³/mol. The molecule has 0 radical (unpaired) electrons. The summed E-state index contributed by atoms with van der Waals surface area (Å²) in [6, 6.07) is 17.0. The van der Waals surface area contributed by atoms with E-state index in [1.807, 2.05) is 43.0 Å². The highest BCUT2D eigenvalue weighted by atomic mass is 32.2. The largest absolute Gasteiger partial charge is 0.353 e. The molecule has 1 aliphatic heterocycles. The van der Waals surface area contributed by atoms with E-state index in [4.69, 9.17) is 0 Å². The Morgan fingerprint density at radius 1 is 1.13 bits per heavy atom. The molecule has 8 heteroatoms. The minimum atomic E-state index is -3.76. The highest BCUT2D eigenvalue weighted by molar-refractivity contribution is 8.15. The summed E-state index contributed by atoms with van der Waals surface area (Å²) in [6.07, 6.45) is 2.56. The number of amides is 1. The lowest BCUT2D eigenvalue weighted by molar-refractivity contribution is -0.119. The molecule has 0 fully saturated rings. The second-order valence-corrected chi connectivity index (χ2v) is 9.76. The molecular formula is C22H27N3O3S2. The van der Waals surface area contributed by atoms with Gasteiger partial charge in [-0.05, 0) is 43.9 Å². The number of fused-ring (bicyclic) bond motifs is 1. The number of rotatable bonds is 8. The van der Waals surface area contributed by atoms with Crippen molar-refractivity contribution in [2.45, 2.75) is 44.0 Å². The van der Waals surface area contributed by atoms with Crippen molar-refractivity contribution >= 4 is 38.5 Å². The van der Waals surface area contributed by atoms with Crippen molar-refractivity contribution in [2.24, 2.45) is 4.40 Å². The quantitative estimate of drug-likeness (QED) is 0.668. The lowest BCUT2D eigenvalue weighted by Gasteiger charge is -2.30. The van der Waals surface area contributed by atoms with Crippen LogP contribution < -0.4 is 10.2 Å². The molecular weight excluding hydrogens is 418 g/mol. The summed E-state index contributed by atoms with van der Waals surface area (Å²) in [5.74, 6) is -0.0113. The van der Waals surface area contributed by atoms with Gasteiger partial charge < -0.3 is 10.2 Å². The molecule has 2 aromatic carbocycles. The number of hydrogen-bond acceptors (Lipinski definition) is 5. The number of hydrogen-bond donors (Lipinski definition) is 1. The number of nitrogens with zero attached hydrogens (tertiary/aromatic N) is 2. The van der Waals surface area contributed by atoms with E-state index in [1.54, 1.807) is 18.2 Å². The molecule has 0 spiro atoms. The summed E-state index contributed by atoms with van der Waals surface area (Å²) >= 11 is 1.16. The summed E-state index contributed by atoms with van der Waals surface area (Å²) in [4.78, 5) is 14.5. The predicted octanol–water partition coefficient (Wildman–Crippen LogP) is 3.83. The average molecular weight is 446 g/mol. The molecule has 1 aliphatic rings. The van der Waals surface area contributed by atoms with Crippen molar-refractivity contribution in [3.8, 4) is 0 Å². The zero-order chi connectivity index (χ0) is 21.6. The maximum absolute atomic E-state index is 12.5. The van der Waals surface area contributed by atoms with Gasteiger partial charge in [-0.15, -0.1) is 4.40 Å². The van der Waals surface area contributed by atoms with E-state index in [0.717, 1.165) is 31.0 Å². The number of amidine groups is 1. The van der Waals surface area contributed by atoms with Crippen LogP contribution in [0.1, 0.15) is 32.3 Å². The number of aryl methyl sites for hydroxylation is 1. The van der Waals surface area contributed by atoms with Gasteiger partial charge in [-0.2, -0.15) is 8.42 Å². The lowest BCUT2D eigenvalue weighted by Crippen LogP contribution is -2.37. The first kappa shape index (κ1) is 22.4. The smallest absolute Gasteiger partial charge is 0.286 e. The molecule has 0 unspecified atom stereocenters. The molecule has 0 aliphatic carbocycles. The van der Waals surface area contributed by atoms with Gasteiger partial charge in [-0.1, -0.05) is 61.2 Å². The Kier molecular flexibility index (Phi) is 7.55. The normalized spacial score (nSPS) is 15.8. The van der Waals surface area contributed by atoms with Crippen molar-refractivity contribution in [3.05, 3.63) is 60.2 Å². The van der Waals surface area contributed by atoms with Gasteiger partial charge in [0, 0.05) is 12.6 Å². The Morgan fingerprint density at radius 3 is 2.57 bits per heavy atom. The monoisotopic (exact) mass is 445 g/mol. The molecule has 160 valence electrons. The van der Waals surface area contributed by atoms with Crippen LogP contribution in [0.2, 0.25) is 0 Å². The van der Waals surface area contributed by atoms with Crippen LogP contribution in [0.4, 0.5) is 5.69 Å². The number of sulfonamides is 1.